The SMILES string of the molecule is CC(C)NC(=O)CSc1ccccc1C(=O)Nc1ccccc1N1CCCC1. The minimum absolute atomic E-state index is 0.0328. The van der Waals surface area contributed by atoms with Crippen molar-refractivity contribution < 1.29 is 9.59 Å². The third-order valence-corrected chi connectivity index (χ3v) is 5.61. The van der Waals surface area contributed by atoms with E-state index < -0.39 is 0 Å². The van der Waals surface area contributed by atoms with Gasteiger partial charge in [-0.1, -0.05) is 24.3 Å². The highest BCUT2D eigenvalue weighted by atomic mass is 32.2. The molecule has 6 heteroatoms. The molecule has 0 atom stereocenters. The number of rotatable bonds is 7. The fourth-order valence-electron chi connectivity index (χ4n) is 3.29. The molecule has 28 heavy (non-hydrogen) atoms. The molecule has 3 rings (SSSR count). The summed E-state index contributed by atoms with van der Waals surface area (Å²) in [6, 6.07) is 15.5. The fourth-order valence-corrected chi connectivity index (χ4v) is 4.15. The van der Waals surface area contributed by atoms with Crippen LogP contribution in [-0.4, -0.2) is 36.7 Å². The first-order valence-electron chi connectivity index (χ1n) is 9.71. The Kier molecular flexibility index (Phi) is 6.98. The summed E-state index contributed by atoms with van der Waals surface area (Å²) in [5.74, 6) is 0.0981. The molecular formula is C22H27N3O2S. The van der Waals surface area contributed by atoms with E-state index in [2.05, 4.69) is 21.6 Å². The Morgan fingerprint density at radius 1 is 1.04 bits per heavy atom. The number of hydrogen-bond acceptors (Lipinski definition) is 4. The van der Waals surface area contributed by atoms with Crippen molar-refractivity contribution in [1.82, 2.24) is 5.32 Å². The van der Waals surface area contributed by atoms with E-state index in [1.165, 1.54) is 24.6 Å². The largest absolute Gasteiger partial charge is 0.370 e. The summed E-state index contributed by atoms with van der Waals surface area (Å²) in [5.41, 5.74) is 2.47. The summed E-state index contributed by atoms with van der Waals surface area (Å²) in [7, 11) is 0. The molecule has 1 aliphatic heterocycles. The summed E-state index contributed by atoms with van der Waals surface area (Å²) in [6.45, 7) is 5.90. The van der Waals surface area contributed by atoms with Gasteiger partial charge in [-0.25, -0.2) is 0 Å². The second-order valence-electron chi connectivity index (χ2n) is 7.17. The van der Waals surface area contributed by atoms with Crippen LogP contribution in [0.1, 0.15) is 37.0 Å². The Balaban J connectivity index is 1.72. The second kappa shape index (κ2) is 9.64. The van der Waals surface area contributed by atoms with Crippen LogP contribution in [0.4, 0.5) is 11.4 Å². The van der Waals surface area contributed by atoms with Gasteiger partial charge in [-0.15, -0.1) is 11.8 Å². The Labute approximate surface area is 170 Å². The van der Waals surface area contributed by atoms with Gasteiger partial charge in [0.15, 0.2) is 0 Å². The van der Waals surface area contributed by atoms with Gasteiger partial charge in [0.05, 0.1) is 22.7 Å². The first-order chi connectivity index (χ1) is 13.5. The number of thioether (sulfide) groups is 1. The minimum Gasteiger partial charge on any atom is -0.370 e. The minimum atomic E-state index is -0.154. The van der Waals surface area contributed by atoms with Gasteiger partial charge in [-0.2, -0.15) is 0 Å². The highest BCUT2D eigenvalue weighted by Crippen LogP contribution is 2.30. The number of para-hydroxylation sites is 2. The molecule has 0 bridgehead atoms. The van der Waals surface area contributed by atoms with Crippen molar-refractivity contribution >= 4 is 35.0 Å². The van der Waals surface area contributed by atoms with Crippen molar-refractivity contribution in [2.24, 2.45) is 0 Å². The number of hydrogen-bond donors (Lipinski definition) is 2. The number of benzene rings is 2. The molecule has 2 N–H and O–H groups in total. The van der Waals surface area contributed by atoms with Crippen LogP contribution in [0.15, 0.2) is 53.4 Å². The number of amides is 2. The average Bonchev–Trinajstić information content (AvgIpc) is 3.21. The highest BCUT2D eigenvalue weighted by molar-refractivity contribution is 8.00. The summed E-state index contributed by atoms with van der Waals surface area (Å²) < 4.78 is 0. The maximum Gasteiger partial charge on any atom is 0.256 e. The van der Waals surface area contributed by atoms with E-state index in [4.69, 9.17) is 0 Å². The van der Waals surface area contributed by atoms with E-state index in [0.29, 0.717) is 5.56 Å². The Morgan fingerprint density at radius 2 is 1.71 bits per heavy atom. The van der Waals surface area contributed by atoms with Gasteiger partial charge in [0.1, 0.15) is 0 Å². The van der Waals surface area contributed by atoms with Gasteiger partial charge in [0, 0.05) is 24.0 Å². The van der Waals surface area contributed by atoms with Crippen molar-refractivity contribution in [2.75, 3.05) is 29.1 Å². The van der Waals surface area contributed by atoms with Gasteiger partial charge < -0.3 is 15.5 Å². The standard InChI is InChI=1S/C22H27N3O2S/c1-16(2)23-21(26)15-28-20-12-6-3-9-17(20)22(27)24-18-10-4-5-11-19(18)25-13-7-8-14-25/h3-6,9-12,16H,7-8,13-15H2,1-2H3,(H,23,26)(H,24,27). The molecule has 0 aromatic heterocycles. The van der Waals surface area contributed by atoms with Gasteiger partial charge in [-0.3, -0.25) is 9.59 Å². The maximum atomic E-state index is 13.0. The van der Waals surface area contributed by atoms with E-state index in [9.17, 15) is 9.59 Å². The number of anilines is 2. The molecule has 148 valence electrons. The van der Waals surface area contributed by atoms with Gasteiger partial charge in [0.2, 0.25) is 5.91 Å². The summed E-state index contributed by atoms with van der Waals surface area (Å²) in [5, 5.41) is 5.94. The van der Waals surface area contributed by atoms with Gasteiger partial charge in [-0.05, 0) is 51.0 Å². The van der Waals surface area contributed by atoms with E-state index in [1.807, 2.05) is 50.2 Å². The molecule has 0 saturated carbocycles. The number of nitrogens with zero attached hydrogens (tertiary/aromatic N) is 1. The van der Waals surface area contributed by atoms with Crippen molar-refractivity contribution in [3.63, 3.8) is 0 Å². The summed E-state index contributed by atoms with van der Waals surface area (Å²) in [6.07, 6.45) is 2.36. The van der Waals surface area contributed by atoms with Crippen LogP contribution < -0.4 is 15.5 Å². The van der Waals surface area contributed by atoms with Crippen LogP contribution in [0, 0.1) is 0 Å². The van der Waals surface area contributed by atoms with Crippen LogP contribution in [0.5, 0.6) is 0 Å². The van der Waals surface area contributed by atoms with Gasteiger partial charge in [0.25, 0.3) is 5.91 Å². The molecule has 2 aromatic carbocycles. The second-order valence-corrected chi connectivity index (χ2v) is 8.19. The quantitative estimate of drug-likeness (QED) is 0.689. The topological polar surface area (TPSA) is 61.4 Å². The lowest BCUT2D eigenvalue weighted by Crippen LogP contribution is -2.31. The van der Waals surface area contributed by atoms with Crippen LogP contribution >= 0.6 is 11.8 Å². The van der Waals surface area contributed by atoms with Crippen LogP contribution in [0.2, 0.25) is 0 Å². The highest BCUT2D eigenvalue weighted by Gasteiger charge is 2.18. The number of carbonyl (C=O) groups is 2. The monoisotopic (exact) mass is 397 g/mol. The fraction of sp³-hybridized carbons (Fsp3) is 0.364. The molecule has 1 heterocycles. The van der Waals surface area contributed by atoms with Crippen molar-refractivity contribution in [1.29, 1.82) is 0 Å². The lowest BCUT2D eigenvalue weighted by atomic mass is 10.2. The molecule has 1 aliphatic rings. The molecule has 2 aromatic rings. The summed E-state index contributed by atoms with van der Waals surface area (Å²) in [4.78, 5) is 28.0. The smallest absolute Gasteiger partial charge is 0.256 e. The van der Waals surface area contributed by atoms with Crippen molar-refractivity contribution in [3.05, 3.63) is 54.1 Å². The van der Waals surface area contributed by atoms with Crippen molar-refractivity contribution in [2.45, 2.75) is 37.6 Å². The molecule has 0 radical (unpaired) electrons. The van der Waals surface area contributed by atoms with E-state index in [-0.39, 0.29) is 23.6 Å². The third-order valence-electron chi connectivity index (χ3n) is 4.54. The molecule has 1 saturated heterocycles. The Bertz CT molecular complexity index is 832. The predicted octanol–water partition coefficient (Wildman–Crippen LogP) is 4.16. The number of carbonyl (C=O) groups excluding carboxylic acids is 2. The predicted molar refractivity (Wildman–Crippen MR) is 116 cm³/mol. The van der Waals surface area contributed by atoms with E-state index in [1.54, 1.807) is 6.07 Å². The lowest BCUT2D eigenvalue weighted by molar-refractivity contribution is -0.119. The van der Waals surface area contributed by atoms with Crippen molar-refractivity contribution in [3.8, 4) is 0 Å². The maximum absolute atomic E-state index is 13.0. The average molecular weight is 398 g/mol. The Hall–Kier alpha value is -2.47. The summed E-state index contributed by atoms with van der Waals surface area (Å²) >= 11 is 1.38. The number of nitrogens with one attached hydrogen (secondary N) is 2. The molecule has 0 spiro atoms. The zero-order valence-corrected chi connectivity index (χ0v) is 17.2. The molecule has 2 amide bonds. The molecular weight excluding hydrogens is 370 g/mol. The van der Waals surface area contributed by atoms with Crippen LogP contribution in [0.25, 0.3) is 0 Å². The lowest BCUT2D eigenvalue weighted by Gasteiger charge is -2.21. The zero-order valence-electron chi connectivity index (χ0n) is 16.4. The Morgan fingerprint density at radius 3 is 2.46 bits per heavy atom. The first-order valence-corrected chi connectivity index (χ1v) is 10.7. The zero-order chi connectivity index (χ0) is 19.9. The van der Waals surface area contributed by atoms with Gasteiger partial charge >= 0.3 is 0 Å². The van der Waals surface area contributed by atoms with Crippen LogP contribution in [0.3, 0.4) is 0 Å². The molecule has 1 fully saturated rings. The van der Waals surface area contributed by atoms with E-state index in [0.717, 1.165) is 29.4 Å². The normalized spacial score (nSPS) is 13.6. The molecule has 5 nitrogen and oxygen atoms in total. The molecule has 0 unspecified atom stereocenters. The first kappa shape index (κ1) is 20.3. The van der Waals surface area contributed by atoms with E-state index >= 15 is 0 Å². The molecule has 0 aliphatic carbocycles. The third kappa shape index (κ3) is 5.29. The van der Waals surface area contributed by atoms with Crippen LogP contribution in [-0.2, 0) is 4.79 Å².